The van der Waals surface area contributed by atoms with E-state index < -0.39 is 0 Å². The van der Waals surface area contributed by atoms with Gasteiger partial charge in [-0.25, -0.2) is 9.78 Å². The largest absolute Gasteiger partial charge is 0.355 e. The van der Waals surface area contributed by atoms with Crippen LogP contribution in [0.4, 0.5) is 22.0 Å². The second-order valence-electron chi connectivity index (χ2n) is 6.95. The lowest BCUT2D eigenvalue weighted by atomic mass is 10.1. The second-order valence-corrected chi connectivity index (χ2v) is 6.95. The molecule has 1 aliphatic heterocycles. The molecule has 1 aromatic heterocycles. The molecule has 2 amide bonds. The number of hydrogen-bond donors (Lipinski definition) is 2. The molecule has 28 heavy (non-hydrogen) atoms. The molecule has 1 aliphatic rings. The van der Waals surface area contributed by atoms with Gasteiger partial charge in [-0.2, -0.15) is 0 Å². The first-order valence-electron chi connectivity index (χ1n) is 9.50. The number of benzene rings is 2. The molecule has 142 valence electrons. The molecule has 6 nitrogen and oxygen atoms in total. The van der Waals surface area contributed by atoms with Crippen molar-refractivity contribution in [2.45, 2.75) is 19.8 Å². The summed E-state index contributed by atoms with van der Waals surface area (Å²) >= 11 is 0. The van der Waals surface area contributed by atoms with Crippen LogP contribution in [-0.2, 0) is 0 Å². The molecule has 0 saturated carbocycles. The van der Waals surface area contributed by atoms with E-state index in [1.807, 2.05) is 55.5 Å². The van der Waals surface area contributed by atoms with E-state index in [1.165, 1.54) is 12.8 Å². The normalized spacial score (nSPS) is 13.4. The van der Waals surface area contributed by atoms with E-state index in [-0.39, 0.29) is 6.03 Å². The summed E-state index contributed by atoms with van der Waals surface area (Å²) in [5.41, 5.74) is 4.39. The number of aromatic nitrogens is 2. The molecule has 0 atom stereocenters. The summed E-state index contributed by atoms with van der Waals surface area (Å²) in [5, 5.41) is 5.74. The summed E-state index contributed by atoms with van der Waals surface area (Å²) in [6.07, 6.45) is 5.79. The van der Waals surface area contributed by atoms with Crippen molar-refractivity contribution in [2.24, 2.45) is 0 Å². The van der Waals surface area contributed by atoms with Crippen molar-refractivity contribution in [1.29, 1.82) is 0 Å². The van der Waals surface area contributed by atoms with E-state index in [9.17, 15) is 4.79 Å². The molecule has 2 aromatic carbocycles. The van der Waals surface area contributed by atoms with Gasteiger partial charge in [0.2, 0.25) is 0 Å². The van der Waals surface area contributed by atoms with E-state index in [4.69, 9.17) is 0 Å². The van der Waals surface area contributed by atoms with E-state index in [0.29, 0.717) is 5.69 Å². The van der Waals surface area contributed by atoms with Gasteiger partial charge in [0.25, 0.3) is 0 Å². The highest BCUT2D eigenvalue weighted by Crippen LogP contribution is 2.30. The molecule has 1 fully saturated rings. The van der Waals surface area contributed by atoms with Gasteiger partial charge >= 0.3 is 6.03 Å². The highest BCUT2D eigenvalue weighted by Gasteiger charge is 2.19. The van der Waals surface area contributed by atoms with Crippen molar-refractivity contribution in [1.82, 2.24) is 9.97 Å². The number of carbonyl (C=O) groups excluding carboxylic acids is 1. The van der Waals surface area contributed by atoms with E-state index in [1.54, 1.807) is 12.4 Å². The summed E-state index contributed by atoms with van der Waals surface area (Å²) in [4.78, 5) is 23.7. The fraction of sp³-hybridized carbons (Fsp3) is 0.227. The standard InChI is InChI=1S/C22H23N5O/c1-16-7-9-18(10-8-16)25-22(28)26-19-6-4-5-17(15-19)20-21(24-12-11-23-20)27-13-2-3-14-27/h4-12,15H,2-3,13-14H2,1H3,(H2,25,26,28). The lowest BCUT2D eigenvalue weighted by Crippen LogP contribution is -2.20. The Hall–Kier alpha value is -3.41. The first kappa shape index (κ1) is 18.0. The molecule has 2 heterocycles. The SMILES string of the molecule is Cc1ccc(NC(=O)Nc2cccc(-c3nccnc3N3CCCC3)c2)cc1. The molecular formula is C22H23N5O. The van der Waals surface area contributed by atoms with Crippen molar-refractivity contribution in [3.05, 3.63) is 66.5 Å². The smallest absolute Gasteiger partial charge is 0.323 e. The Kier molecular flexibility index (Phi) is 5.19. The quantitative estimate of drug-likeness (QED) is 0.696. The number of nitrogens with one attached hydrogen (secondary N) is 2. The van der Waals surface area contributed by atoms with Crippen LogP contribution in [0.5, 0.6) is 0 Å². The van der Waals surface area contributed by atoms with Gasteiger partial charge in [-0.1, -0.05) is 29.8 Å². The average Bonchev–Trinajstić information content (AvgIpc) is 3.25. The zero-order valence-electron chi connectivity index (χ0n) is 15.9. The van der Waals surface area contributed by atoms with Gasteiger partial charge in [-0.15, -0.1) is 0 Å². The van der Waals surface area contributed by atoms with Crippen LogP contribution in [0.15, 0.2) is 60.9 Å². The lowest BCUT2D eigenvalue weighted by Gasteiger charge is -2.19. The third-order valence-electron chi connectivity index (χ3n) is 4.79. The van der Waals surface area contributed by atoms with E-state index in [0.717, 1.165) is 41.4 Å². The number of nitrogens with zero attached hydrogens (tertiary/aromatic N) is 3. The van der Waals surface area contributed by atoms with Crippen LogP contribution in [0, 0.1) is 6.92 Å². The number of carbonyl (C=O) groups is 1. The molecule has 0 radical (unpaired) electrons. The highest BCUT2D eigenvalue weighted by molar-refractivity contribution is 6.00. The molecule has 0 bridgehead atoms. The monoisotopic (exact) mass is 373 g/mol. The van der Waals surface area contributed by atoms with Gasteiger partial charge in [0, 0.05) is 42.4 Å². The average molecular weight is 373 g/mol. The van der Waals surface area contributed by atoms with Crippen molar-refractivity contribution >= 4 is 23.2 Å². The van der Waals surface area contributed by atoms with Gasteiger partial charge in [0.05, 0.1) is 0 Å². The van der Waals surface area contributed by atoms with Crippen molar-refractivity contribution < 1.29 is 4.79 Å². The molecule has 3 aromatic rings. The summed E-state index contributed by atoms with van der Waals surface area (Å²) in [6, 6.07) is 15.1. The van der Waals surface area contributed by atoms with Crippen LogP contribution in [0.1, 0.15) is 18.4 Å². The van der Waals surface area contributed by atoms with Crippen LogP contribution < -0.4 is 15.5 Å². The first-order valence-corrected chi connectivity index (χ1v) is 9.50. The fourth-order valence-corrected chi connectivity index (χ4v) is 3.37. The molecule has 1 saturated heterocycles. The highest BCUT2D eigenvalue weighted by atomic mass is 16.2. The Bertz CT molecular complexity index is 965. The predicted molar refractivity (Wildman–Crippen MR) is 113 cm³/mol. The molecule has 6 heteroatoms. The maximum absolute atomic E-state index is 12.3. The summed E-state index contributed by atoms with van der Waals surface area (Å²) in [5.74, 6) is 0.904. The Morgan fingerprint density at radius 1 is 0.929 bits per heavy atom. The van der Waals surface area contributed by atoms with Crippen molar-refractivity contribution in [3.8, 4) is 11.3 Å². The number of aryl methyl sites for hydroxylation is 1. The predicted octanol–water partition coefficient (Wildman–Crippen LogP) is 4.70. The minimum absolute atomic E-state index is 0.278. The number of hydrogen-bond acceptors (Lipinski definition) is 4. The van der Waals surface area contributed by atoms with Crippen LogP contribution in [0.2, 0.25) is 0 Å². The summed E-state index contributed by atoms with van der Waals surface area (Å²) in [7, 11) is 0. The van der Waals surface area contributed by atoms with Crippen LogP contribution in [-0.4, -0.2) is 29.1 Å². The molecule has 2 N–H and O–H groups in total. The van der Waals surface area contributed by atoms with Gasteiger partial charge in [0.15, 0.2) is 5.82 Å². The number of anilines is 3. The lowest BCUT2D eigenvalue weighted by molar-refractivity contribution is 0.262. The number of urea groups is 1. The third-order valence-corrected chi connectivity index (χ3v) is 4.79. The molecule has 0 spiro atoms. The zero-order chi connectivity index (χ0) is 19.3. The molecule has 4 rings (SSSR count). The maximum Gasteiger partial charge on any atom is 0.323 e. The van der Waals surface area contributed by atoms with E-state index in [2.05, 4.69) is 25.5 Å². The Labute approximate surface area is 164 Å². The second kappa shape index (κ2) is 8.08. The fourth-order valence-electron chi connectivity index (χ4n) is 3.37. The minimum atomic E-state index is -0.278. The maximum atomic E-state index is 12.3. The minimum Gasteiger partial charge on any atom is -0.355 e. The van der Waals surface area contributed by atoms with Crippen LogP contribution >= 0.6 is 0 Å². The van der Waals surface area contributed by atoms with Crippen LogP contribution in [0.3, 0.4) is 0 Å². The third kappa shape index (κ3) is 4.11. The Morgan fingerprint density at radius 3 is 2.43 bits per heavy atom. The van der Waals surface area contributed by atoms with Crippen molar-refractivity contribution in [3.63, 3.8) is 0 Å². The van der Waals surface area contributed by atoms with Gasteiger partial charge in [-0.3, -0.25) is 4.98 Å². The number of rotatable bonds is 4. The molecular weight excluding hydrogens is 350 g/mol. The summed E-state index contributed by atoms with van der Waals surface area (Å²) in [6.45, 7) is 4.02. The number of amides is 2. The summed E-state index contributed by atoms with van der Waals surface area (Å²) < 4.78 is 0. The Balaban J connectivity index is 1.52. The topological polar surface area (TPSA) is 70.1 Å². The zero-order valence-corrected chi connectivity index (χ0v) is 15.9. The van der Waals surface area contributed by atoms with Crippen LogP contribution in [0.25, 0.3) is 11.3 Å². The molecule has 0 aliphatic carbocycles. The first-order chi connectivity index (χ1) is 13.7. The Morgan fingerprint density at radius 2 is 1.64 bits per heavy atom. The van der Waals surface area contributed by atoms with Crippen molar-refractivity contribution in [2.75, 3.05) is 28.6 Å². The van der Waals surface area contributed by atoms with Gasteiger partial charge in [-0.05, 0) is 44.0 Å². The van der Waals surface area contributed by atoms with Gasteiger partial charge < -0.3 is 15.5 Å². The molecule has 0 unspecified atom stereocenters. The van der Waals surface area contributed by atoms with Gasteiger partial charge in [0.1, 0.15) is 5.69 Å². The van der Waals surface area contributed by atoms with E-state index >= 15 is 0 Å².